The Kier molecular flexibility index (Phi) is 5.75. The topological polar surface area (TPSA) is 43.7 Å². The van der Waals surface area contributed by atoms with Gasteiger partial charge >= 0.3 is 0 Å². The molecular formula is C26H29NO2. The second-order valence-electron chi connectivity index (χ2n) is 7.95. The van der Waals surface area contributed by atoms with Gasteiger partial charge in [-0.1, -0.05) is 42.5 Å². The minimum atomic E-state index is 0.322. The van der Waals surface area contributed by atoms with E-state index in [0.29, 0.717) is 17.4 Å². The minimum absolute atomic E-state index is 0.322. The smallest absolute Gasteiger partial charge is 0.117 e. The first kappa shape index (κ1) is 19.4. The molecule has 1 aliphatic rings. The number of rotatable bonds is 6. The van der Waals surface area contributed by atoms with Crippen LogP contribution in [-0.4, -0.2) is 23.3 Å². The van der Waals surface area contributed by atoms with Gasteiger partial charge in [0.1, 0.15) is 11.5 Å². The number of benzene rings is 3. The van der Waals surface area contributed by atoms with Crippen LogP contribution in [0.25, 0.3) is 0 Å². The van der Waals surface area contributed by atoms with Crippen molar-refractivity contribution >= 4 is 5.69 Å². The van der Waals surface area contributed by atoms with E-state index in [9.17, 15) is 10.2 Å². The number of phenols is 2. The number of aromatic hydroxyl groups is 2. The molecule has 0 saturated heterocycles. The number of phenolic OH excluding ortho intramolecular Hbond substituents is 2. The molecule has 1 unspecified atom stereocenters. The molecule has 3 aromatic carbocycles. The number of fused-ring (bicyclic) bond motifs is 1. The van der Waals surface area contributed by atoms with Crippen LogP contribution < -0.4 is 4.90 Å². The lowest BCUT2D eigenvalue weighted by atomic mass is 9.79. The summed E-state index contributed by atoms with van der Waals surface area (Å²) in [6.45, 7) is 4.01. The van der Waals surface area contributed by atoms with E-state index in [-0.39, 0.29) is 0 Å². The highest BCUT2D eigenvalue weighted by atomic mass is 16.3. The molecular weight excluding hydrogens is 358 g/mol. The normalized spacial score (nSPS) is 15.7. The molecule has 1 atom stereocenters. The van der Waals surface area contributed by atoms with E-state index in [2.05, 4.69) is 54.3 Å². The maximum atomic E-state index is 10.2. The first-order chi connectivity index (χ1) is 14.1. The fraction of sp³-hybridized carbons (Fsp3) is 0.308. The van der Waals surface area contributed by atoms with Crippen molar-refractivity contribution in [2.24, 2.45) is 0 Å². The average molecular weight is 388 g/mol. The van der Waals surface area contributed by atoms with Gasteiger partial charge in [-0.15, -0.1) is 0 Å². The summed E-state index contributed by atoms with van der Waals surface area (Å²) in [5, 5.41) is 20.0. The van der Waals surface area contributed by atoms with Gasteiger partial charge in [0.05, 0.1) is 0 Å². The van der Waals surface area contributed by atoms with Crippen LogP contribution in [0.3, 0.4) is 0 Å². The molecule has 0 amide bonds. The van der Waals surface area contributed by atoms with E-state index < -0.39 is 0 Å². The summed E-state index contributed by atoms with van der Waals surface area (Å²) in [6, 6.07) is 22.2. The zero-order chi connectivity index (χ0) is 20.2. The number of nitrogens with zero attached hydrogens (tertiary/aromatic N) is 1. The van der Waals surface area contributed by atoms with Gasteiger partial charge in [-0.3, -0.25) is 0 Å². The zero-order valence-corrected chi connectivity index (χ0v) is 17.0. The Morgan fingerprint density at radius 3 is 2.45 bits per heavy atom. The van der Waals surface area contributed by atoms with Crippen molar-refractivity contribution in [2.45, 2.75) is 38.5 Å². The van der Waals surface area contributed by atoms with Crippen LogP contribution in [0, 0.1) is 0 Å². The van der Waals surface area contributed by atoms with Crippen LogP contribution >= 0.6 is 0 Å². The molecule has 1 aliphatic carbocycles. The molecule has 150 valence electrons. The molecule has 0 bridgehead atoms. The molecule has 2 N–H and O–H groups in total. The predicted octanol–water partition coefficient (Wildman–Crippen LogP) is 5.44. The van der Waals surface area contributed by atoms with Crippen LogP contribution in [0.15, 0.2) is 66.7 Å². The summed E-state index contributed by atoms with van der Waals surface area (Å²) >= 11 is 0. The highest BCUT2D eigenvalue weighted by Gasteiger charge is 2.24. The Bertz CT molecular complexity index is 968. The SMILES string of the molecule is CCN(CCc1ccccc1)c1cc(O)ccc1C1CCc2cc(O)ccc2C1. The number of aryl methyl sites for hydroxylation is 1. The first-order valence-electron chi connectivity index (χ1n) is 10.6. The van der Waals surface area contributed by atoms with E-state index >= 15 is 0 Å². The molecule has 0 aromatic heterocycles. The Hall–Kier alpha value is -2.94. The summed E-state index contributed by atoms with van der Waals surface area (Å²) < 4.78 is 0. The average Bonchev–Trinajstić information content (AvgIpc) is 2.75. The Balaban J connectivity index is 1.59. The van der Waals surface area contributed by atoms with E-state index in [1.807, 2.05) is 18.2 Å². The fourth-order valence-electron chi connectivity index (χ4n) is 4.52. The third-order valence-corrected chi connectivity index (χ3v) is 6.11. The molecule has 3 aromatic rings. The first-order valence-corrected chi connectivity index (χ1v) is 10.6. The zero-order valence-electron chi connectivity index (χ0n) is 17.0. The standard InChI is InChI=1S/C26H29NO2/c1-2-27(15-14-19-6-4-3-5-7-19)26-18-24(29)12-13-25(26)22-9-8-21-17-23(28)11-10-20(21)16-22/h3-7,10-13,17-18,22,28-29H,2,8-9,14-16H2,1H3. The number of hydrogen-bond donors (Lipinski definition) is 2. The summed E-state index contributed by atoms with van der Waals surface area (Å²) in [5.74, 6) is 1.10. The van der Waals surface area contributed by atoms with Crippen molar-refractivity contribution in [3.05, 3.63) is 89.0 Å². The predicted molar refractivity (Wildman–Crippen MR) is 119 cm³/mol. The molecule has 0 heterocycles. The minimum Gasteiger partial charge on any atom is -0.508 e. The van der Waals surface area contributed by atoms with E-state index in [4.69, 9.17) is 0 Å². The Morgan fingerprint density at radius 2 is 1.66 bits per heavy atom. The van der Waals surface area contributed by atoms with Gasteiger partial charge in [0.2, 0.25) is 0 Å². The molecule has 0 saturated carbocycles. The third kappa shape index (κ3) is 4.40. The quantitative estimate of drug-likeness (QED) is 0.592. The van der Waals surface area contributed by atoms with Crippen molar-refractivity contribution in [3.8, 4) is 11.5 Å². The fourth-order valence-corrected chi connectivity index (χ4v) is 4.52. The van der Waals surface area contributed by atoms with Crippen molar-refractivity contribution in [1.82, 2.24) is 0 Å². The molecule has 3 heteroatoms. The summed E-state index contributed by atoms with van der Waals surface area (Å²) in [4.78, 5) is 2.38. The van der Waals surface area contributed by atoms with Crippen LogP contribution in [-0.2, 0) is 19.3 Å². The molecule has 4 rings (SSSR count). The van der Waals surface area contributed by atoms with Crippen LogP contribution in [0.4, 0.5) is 5.69 Å². The van der Waals surface area contributed by atoms with E-state index in [1.54, 1.807) is 6.07 Å². The third-order valence-electron chi connectivity index (χ3n) is 6.11. The maximum Gasteiger partial charge on any atom is 0.117 e. The van der Waals surface area contributed by atoms with Gasteiger partial charge in [-0.05, 0) is 79.0 Å². The Morgan fingerprint density at radius 1 is 0.897 bits per heavy atom. The van der Waals surface area contributed by atoms with Crippen molar-refractivity contribution in [3.63, 3.8) is 0 Å². The van der Waals surface area contributed by atoms with Gasteiger partial charge < -0.3 is 15.1 Å². The van der Waals surface area contributed by atoms with Gasteiger partial charge in [-0.25, -0.2) is 0 Å². The number of likely N-dealkylation sites (N-methyl/N-ethyl adjacent to an activating group) is 1. The summed E-state index contributed by atoms with van der Waals surface area (Å²) in [7, 11) is 0. The molecule has 0 aliphatic heterocycles. The highest BCUT2D eigenvalue weighted by Crippen LogP contribution is 2.39. The largest absolute Gasteiger partial charge is 0.508 e. The van der Waals surface area contributed by atoms with Crippen LogP contribution in [0.2, 0.25) is 0 Å². The van der Waals surface area contributed by atoms with Gasteiger partial charge in [0.25, 0.3) is 0 Å². The van der Waals surface area contributed by atoms with Crippen LogP contribution in [0.1, 0.15) is 41.5 Å². The lowest BCUT2D eigenvalue weighted by Gasteiger charge is -2.31. The second-order valence-corrected chi connectivity index (χ2v) is 7.95. The lowest BCUT2D eigenvalue weighted by molar-refractivity contribution is 0.471. The lowest BCUT2D eigenvalue weighted by Crippen LogP contribution is -2.27. The molecule has 0 radical (unpaired) electrons. The van der Waals surface area contributed by atoms with Gasteiger partial charge in [0, 0.05) is 24.8 Å². The summed E-state index contributed by atoms with van der Waals surface area (Å²) in [5.41, 5.74) is 6.38. The van der Waals surface area contributed by atoms with Gasteiger partial charge in [-0.2, -0.15) is 0 Å². The van der Waals surface area contributed by atoms with Crippen molar-refractivity contribution < 1.29 is 10.2 Å². The highest BCUT2D eigenvalue weighted by molar-refractivity contribution is 5.59. The molecule has 0 fully saturated rings. The van der Waals surface area contributed by atoms with Crippen LogP contribution in [0.5, 0.6) is 11.5 Å². The van der Waals surface area contributed by atoms with Crippen molar-refractivity contribution in [2.75, 3.05) is 18.0 Å². The molecule has 29 heavy (non-hydrogen) atoms. The van der Waals surface area contributed by atoms with E-state index in [1.165, 1.54) is 22.3 Å². The van der Waals surface area contributed by atoms with Gasteiger partial charge in [0.15, 0.2) is 0 Å². The monoisotopic (exact) mass is 387 g/mol. The Labute approximate surface area is 173 Å². The van der Waals surface area contributed by atoms with Crippen molar-refractivity contribution in [1.29, 1.82) is 0 Å². The summed E-state index contributed by atoms with van der Waals surface area (Å²) in [6.07, 6.45) is 4.00. The molecule has 3 nitrogen and oxygen atoms in total. The number of hydrogen-bond acceptors (Lipinski definition) is 3. The van der Waals surface area contributed by atoms with E-state index in [0.717, 1.165) is 44.5 Å². The molecule has 0 spiro atoms. The maximum absolute atomic E-state index is 10.2. The number of anilines is 1. The second kappa shape index (κ2) is 8.60.